The summed E-state index contributed by atoms with van der Waals surface area (Å²) in [5, 5.41) is 8.08. The molecule has 4 heteroatoms. The van der Waals surface area contributed by atoms with Crippen LogP contribution < -0.4 is 10.6 Å². The van der Waals surface area contributed by atoms with Crippen molar-refractivity contribution in [2.24, 2.45) is 5.92 Å². The molecule has 0 saturated heterocycles. The second-order valence-corrected chi connectivity index (χ2v) is 6.52. The first-order chi connectivity index (χ1) is 11.0. The van der Waals surface area contributed by atoms with Gasteiger partial charge in [-0.25, -0.2) is 0 Å². The Morgan fingerprint density at radius 3 is 2.39 bits per heavy atom. The highest BCUT2D eigenvalue weighted by molar-refractivity contribution is 6.06. The molecule has 120 valence electrons. The summed E-state index contributed by atoms with van der Waals surface area (Å²) in [4.78, 5) is 23.9. The molecule has 4 nitrogen and oxygen atoms in total. The van der Waals surface area contributed by atoms with Gasteiger partial charge in [-0.15, -0.1) is 0 Å². The van der Waals surface area contributed by atoms with Crippen molar-refractivity contribution >= 4 is 28.3 Å². The van der Waals surface area contributed by atoms with Gasteiger partial charge in [-0.05, 0) is 41.3 Å². The average Bonchev–Trinajstić information content (AvgIpc) is 2.92. The molecule has 1 unspecified atom stereocenters. The van der Waals surface area contributed by atoms with Gasteiger partial charge in [0.05, 0.1) is 0 Å². The number of carbonyl (C=O) groups is 2. The third-order valence-electron chi connectivity index (χ3n) is 4.44. The lowest BCUT2D eigenvalue weighted by atomic mass is 10.0. The molecular formula is C19H22N2O2. The molecule has 0 saturated carbocycles. The van der Waals surface area contributed by atoms with Gasteiger partial charge in [0.2, 0.25) is 11.8 Å². The van der Waals surface area contributed by atoms with Crippen LogP contribution in [-0.2, 0) is 22.4 Å². The third-order valence-corrected chi connectivity index (χ3v) is 4.44. The van der Waals surface area contributed by atoms with E-state index in [4.69, 9.17) is 0 Å². The largest absolute Gasteiger partial charge is 0.344 e. The summed E-state index contributed by atoms with van der Waals surface area (Å²) in [7, 11) is 0. The van der Waals surface area contributed by atoms with Crippen LogP contribution in [0.3, 0.4) is 0 Å². The van der Waals surface area contributed by atoms with E-state index in [0.717, 1.165) is 23.9 Å². The summed E-state index contributed by atoms with van der Waals surface area (Å²) in [6.07, 6.45) is 2.12. The topological polar surface area (TPSA) is 58.2 Å². The molecule has 0 bridgehead atoms. The van der Waals surface area contributed by atoms with Crippen LogP contribution in [0.4, 0.5) is 5.69 Å². The normalized spacial score (nSPS) is 14.1. The number of benzene rings is 2. The van der Waals surface area contributed by atoms with E-state index in [9.17, 15) is 9.59 Å². The standard InChI is InChI=1S/C19H22N2O2/c1-11(2)18(20-12(3)22)19(23)21-16-10-9-14-8-7-13-5-4-6-15(16)17(13)14/h4-6,9-11,18H,7-8H2,1-3H3,(H,20,22)(H,21,23). The lowest BCUT2D eigenvalue weighted by Crippen LogP contribution is -2.46. The highest BCUT2D eigenvalue weighted by atomic mass is 16.2. The Hall–Kier alpha value is -2.36. The predicted molar refractivity (Wildman–Crippen MR) is 92.4 cm³/mol. The Bertz CT molecular complexity index is 770. The Morgan fingerprint density at radius 1 is 1.04 bits per heavy atom. The molecule has 2 aromatic carbocycles. The first-order valence-corrected chi connectivity index (χ1v) is 8.09. The Balaban J connectivity index is 1.93. The zero-order valence-electron chi connectivity index (χ0n) is 13.8. The predicted octanol–water partition coefficient (Wildman–Crippen LogP) is 3.04. The van der Waals surface area contributed by atoms with E-state index >= 15 is 0 Å². The van der Waals surface area contributed by atoms with Gasteiger partial charge in [-0.2, -0.15) is 0 Å². The minimum atomic E-state index is -0.532. The zero-order valence-corrected chi connectivity index (χ0v) is 13.8. The van der Waals surface area contributed by atoms with Crippen LogP contribution in [0.5, 0.6) is 0 Å². The molecular weight excluding hydrogens is 288 g/mol. The summed E-state index contributed by atoms with van der Waals surface area (Å²) in [5.74, 6) is -0.344. The summed E-state index contributed by atoms with van der Waals surface area (Å²) < 4.78 is 0. The van der Waals surface area contributed by atoms with Gasteiger partial charge in [0.25, 0.3) is 0 Å². The smallest absolute Gasteiger partial charge is 0.247 e. The van der Waals surface area contributed by atoms with Crippen LogP contribution in [0.2, 0.25) is 0 Å². The fourth-order valence-corrected chi connectivity index (χ4v) is 3.32. The lowest BCUT2D eigenvalue weighted by molar-refractivity contribution is -0.126. The maximum absolute atomic E-state index is 12.6. The number of aryl methyl sites for hydroxylation is 2. The van der Waals surface area contributed by atoms with Crippen molar-refractivity contribution < 1.29 is 9.59 Å². The van der Waals surface area contributed by atoms with Gasteiger partial charge in [-0.3, -0.25) is 9.59 Å². The van der Waals surface area contributed by atoms with Crippen molar-refractivity contribution in [1.29, 1.82) is 0 Å². The summed E-state index contributed by atoms with van der Waals surface area (Å²) >= 11 is 0. The van der Waals surface area contributed by atoms with E-state index in [1.54, 1.807) is 0 Å². The van der Waals surface area contributed by atoms with E-state index in [1.165, 1.54) is 23.4 Å². The fraction of sp³-hybridized carbons (Fsp3) is 0.368. The highest BCUT2D eigenvalue weighted by Crippen LogP contribution is 2.35. The number of rotatable bonds is 4. The summed E-state index contributed by atoms with van der Waals surface area (Å²) in [6, 6.07) is 9.77. The number of amides is 2. The van der Waals surface area contributed by atoms with Crippen molar-refractivity contribution in [3.05, 3.63) is 41.5 Å². The number of hydrogen-bond donors (Lipinski definition) is 2. The van der Waals surface area contributed by atoms with Crippen molar-refractivity contribution in [2.45, 2.75) is 39.7 Å². The molecule has 0 radical (unpaired) electrons. The van der Waals surface area contributed by atoms with Gasteiger partial charge in [0.1, 0.15) is 6.04 Å². The van der Waals surface area contributed by atoms with E-state index in [1.807, 2.05) is 32.0 Å². The van der Waals surface area contributed by atoms with E-state index < -0.39 is 6.04 Å². The summed E-state index contributed by atoms with van der Waals surface area (Å²) in [6.45, 7) is 5.28. The van der Waals surface area contributed by atoms with E-state index in [2.05, 4.69) is 22.8 Å². The molecule has 1 atom stereocenters. The first-order valence-electron chi connectivity index (χ1n) is 8.09. The average molecular weight is 310 g/mol. The SMILES string of the molecule is CC(=O)NC(C(=O)Nc1ccc2c3c(cccc13)CC2)C(C)C. The summed E-state index contributed by atoms with van der Waals surface area (Å²) in [5.41, 5.74) is 3.50. The molecule has 2 aromatic rings. The van der Waals surface area contributed by atoms with Gasteiger partial charge in [-0.1, -0.05) is 38.1 Å². The molecule has 3 rings (SSSR count). The molecule has 0 heterocycles. The van der Waals surface area contributed by atoms with Gasteiger partial charge in [0, 0.05) is 18.0 Å². The third kappa shape index (κ3) is 2.93. The van der Waals surface area contributed by atoms with Crippen LogP contribution in [0.15, 0.2) is 30.3 Å². The highest BCUT2D eigenvalue weighted by Gasteiger charge is 2.24. The fourth-order valence-electron chi connectivity index (χ4n) is 3.32. The van der Waals surface area contributed by atoms with Crippen LogP contribution in [0.25, 0.3) is 10.8 Å². The number of hydrogen-bond acceptors (Lipinski definition) is 2. The molecule has 2 amide bonds. The molecule has 0 aliphatic heterocycles. The molecule has 0 aromatic heterocycles. The first kappa shape index (κ1) is 15.5. The monoisotopic (exact) mass is 310 g/mol. The molecule has 23 heavy (non-hydrogen) atoms. The zero-order chi connectivity index (χ0) is 16.6. The van der Waals surface area contributed by atoms with Gasteiger partial charge in [0.15, 0.2) is 0 Å². The maximum atomic E-state index is 12.6. The van der Waals surface area contributed by atoms with Crippen LogP contribution in [0.1, 0.15) is 31.9 Å². The van der Waals surface area contributed by atoms with Crippen LogP contribution >= 0.6 is 0 Å². The number of carbonyl (C=O) groups excluding carboxylic acids is 2. The molecule has 1 aliphatic carbocycles. The second-order valence-electron chi connectivity index (χ2n) is 6.52. The Kier molecular flexibility index (Phi) is 4.07. The van der Waals surface area contributed by atoms with Crippen LogP contribution in [-0.4, -0.2) is 17.9 Å². The van der Waals surface area contributed by atoms with Crippen molar-refractivity contribution in [2.75, 3.05) is 5.32 Å². The van der Waals surface area contributed by atoms with Crippen LogP contribution in [0, 0.1) is 5.92 Å². The quantitative estimate of drug-likeness (QED) is 0.912. The van der Waals surface area contributed by atoms with E-state index in [0.29, 0.717) is 0 Å². The Morgan fingerprint density at radius 2 is 1.74 bits per heavy atom. The molecule has 1 aliphatic rings. The lowest BCUT2D eigenvalue weighted by Gasteiger charge is -2.21. The number of nitrogens with one attached hydrogen (secondary N) is 2. The minimum Gasteiger partial charge on any atom is -0.344 e. The van der Waals surface area contributed by atoms with Gasteiger partial charge >= 0.3 is 0 Å². The minimum absolute atomic E-state index is 0.0238. The molecule has 2 N–H and O–H groups in total. The molecule has 0 spiro atoms. The van der Waals surface area contributed by atoms with Gasteiger partial charge < -0.3 is 10.6 Å². The molecule has 0 fully saturated rings. The van der Waals surface area contributed by atoms with E-state index in [-0.39, 0.29) is 17.7 Å². The number of anilines is 1. The maximum Gasteiger partial charge on any atom is 0.247 e. The second kappa shape index (κ2) is 6.03. The van der Waals surface area contributed by atoms with Crippen molar-refractivity contribution in [1.82, 2.24) is 5.32 Å². The van der Waals surface area contributed by atoms with Crippen molar-refractivity contribution in [3.63, 3.8) is 0 Å². The Labute approximate surface area is 136 Å². The van der Waals surface area contributed by atoms with Crippen molar-refractivity contribution in [3.8, 4) is 0 Å².